The van der Waals surface area contributed by atoms with Crippen LogP contribution in [0.3, 0.4) is 0 Å². The second kappa shape index (κ2) is 6.15. The smallest absolute Gasteiger partial charge is 0.329 e. The summed E-state index contributed by atoms with van der Waals surface area (Å²) in [5, 5.41) is 22.3. The van der Waals surface area contributed by atoms with Crippen molar-refractivity contribution in [1.82, 2.24) is 0 Å². The van der Waals surface area contributed by atoms with Crippen molar-refractivity contribution in [3.63, 3.8) is 0 Å². The Morgan fingerprint density at radius 1 is 1.30 bits per heavy atom. The van der Waals surface area contributed by atoms with Crippen molar-refractivity contribution >= 4 is 23.3 Å². The SMILES string of the molecule is N#Cc1ccc(Cl)cc1NC1(C(=O)O)CCCCCC1. The Bertz CT molecular complexity index is 543. The summed E-state index contributed by atoms with van der Waals surface area (Å²) >= 11 is 5.95. The number of hydrogen-bond acceptors (Lipinski definition) is 3. The lowest BCUT2D eigenvalue weighted by molar-refractivity contribution is -0.142. The number of rotatable bonds is 3. The van der Waals surface area contributed by atoms with Gasteiger partial charge in [0.15, 0.2) is 0 Å². The number of nitrogens with one attached hydrogen (secondary N) is 1. The molecule has 1 saturated carbocycles. The molecule has 0 amide bonds. The van der Waals surface area contributed by atoms with Crippen LogP contribution in [0.25, 0.3) is 0 Å². The maximum absolute atomic E-state index is 11.7. The first-order valence-corrected chi connectivity index (χ1v) is 7.16. The van der Waals surface area contributed by atoms with Gasteiger partial charge in [-0.1, -0.05) is 37.3 Å². The molecule has 0 unspecified atom stereocenters. The summed E-state index contributed by atoms with van der Waals surface area (Å²) in [6.07, 6.45) is 5.00. The van der Waals surface area contributed by atoms with Crippen LogP contribution < -0.4 is 5.32 Å². The number of anilines is 1. The summed E-state index contributed by atoms with van der Waals surface area (Å²) in [6, 6.07) is 6.93. The molecule has 1 aliphatic carbocycles. The van der Waals surface area contributed by atoms with Crippen molar-refractivity contribution in [1.29, 1.82) is 5.26 Å². The fourth-order valence-corrected chi connectivity index (χ4v) is 2.87. The van der Waals surface area contributed by atoms with E-state index < -0.39 is 11.5 Å². The number of hydrogen-bond donors (Lipinski definition) is 2. The number of carboxylic acids is 1. The van der Waals surface area contributed by atoms with E-state index in [0.717, 1.165) is 25.7 Å². The monoisotopic (exact) mass is 292 g/mol. The molecule has 0 bridgehead atoms. The first kappa shape index (κ1) is 14.7. The van der Waals surface area contributed by atoms with Crippen LogP contribution in [0.1, 0.15) is 44.1 Å². The Morgan fingerprint density at radius 3 is 2.50 bits per heavy atom. The van der Waals surface area contributed by atoms with E-state index in [4.69, 9.17) is 16.9 Å². The molecular formula is C15H17ClN2O2. The van der Waals surface area contributed by atoms with Gasteiger partial charge in [0.1, 0.15) is 11.6 Å². The van der Waals surface area contributed by atoms with Gasteiger partial charge in [-0.05, 0) is 31.0 Å². The number of nitrogens with zero attached hydrogens (tertiary/aromatic N) is 1. The summed E-state index contributed by atoms with van der Waals surface area (Å²) in [5.41, 5.74) is -0.0733. The molecule has 1 aromatic rings. The molecule has 5 heteroatoms. The van der Waals surface area contributed by atoms with Crippen LogP contribution in [-0.2, 0) is 4.79 Å². The largest absolute Gasteiger partial charge is 0.480 e. The molecule has 0 spiro atoms. The lowest BCUT2D eigenvalue weighted by Crippen LogP contribution is -2.46. The van der Waals surface area contributed by atoms with E-state index in [-0.39, 0.29) is 0 Å². The zero-order valence-corrected chi connectivity index (χ0v) is 11.9. The highest BCUT2D eigenvalue weighted by molar-refractivity contribution is 6.30. The number of nitriles is 1. The van der Waals surface area contributed by atoms with Crippen molar-refractivity contribution < 1.29 is 9.90 Å². The average molecular weight is 293 g/mol. The predicted molar refractivity (Wildman–Crippen MR) is 77.9 cm³/mol. The Kier molecular flexibility index (Phi) is 4.51. The lowest BCUT2D eigenvalue weighted by Gasteiger charge is -2.31. The van der Waals surface area contributed by atoms with Crippen LogP contribution in [0.2, 0.25) is 5.02 Å². The van der Waals surface area contributed by atoms with Gasteiger partial charge >= 0.3 is 5.97 Å². The van der Waals surface area contributed by atoms with Crippen molar-refractivity contribution in [2.75, 3.05) is 5.32 Å². The summed E-state index contributed by atoms with van der Waals surface area (Å²) < 4.78 is 0. The van der Waals surface area contributed by atoms with E-state index >= 15 is 0 Å². The third kappa shape index (κ3) is 3.05. The van der Waals surface area contributed by atoms with Gasteiger partial charge < -0.3 is 10.4 Å². The molecule has 1 fully saturated rings. The van der Waals surface area contributed by atoms with Gasteiger partial charge in [-0.3, -0.25) is 0 Å². The molecule has 2 N–H and O–H groups in total. The van der Waals surface area contributed by atoms with Gasteiger partial charge in [-0.25, -0.2) is 4.79 Å². The standard InChI is InChI=1S/C15H17ClN2O2/c16-12-6-5-11(10-17)13(9-12)18-15(14(19)20)7-3-1-2-4-8-15/h5-6,9,18H,1-4,7-8H2,(H,19,20). The molecular weight excluding hydrogens is 276 g/mol. The Balaban J connectivity index is 2.35. The van der Waals surface area contributed by atoms with E-state index in [2.05, 4.69) is 11.4 Å². The van der Waals surface area contributed by atoms with Gasteiger partial charge in [-0.15, -0.1) is 0 Å². The molecule has 4 nitrogen and oxygen atoms in total. The zero-order chi connectivity index (χ0) is 14.6. The lowest BCUT2D eigenvalue weighted by atomic mass is 9.89. The maximum Gasteiger partial charge on any atom is 0.329 e. The zero-order valence-electron chi connectivity index (χ0n) is 11.2. The summed E-state index contributed by atoms with van der Waals surface area (Å²) in [7, 11) is 0. The summed E-state index contributed by atoms with van der Waals surface area (Å²) in [6.45, 7) is 0. The van der Waals surface area contributed by atoms with Crippen molar-refractivity contribution in [2.45, 2.75) is 44.1 Å². The van der Waals surface area contributed by atoms with Gasteiger partial charge in [-0.2, -0.15) is 5.26 Å². The highest BCUT2D eigenvalue weighted by Gasteiger charge is 2.39. The highest BCUT2D eigenvalue weighted by atomic mass is 35.5. The molecule has 2 rings (SSSR count). The van der Waals surface area contributed by atoms with Gasteiger partial charge in [0.2, 0.25) is 0 Å². The summed E-state index contributed by atoms with van der Waals surface area (Å²) in [5.74, 6) is -0.858. The number of halogens is 1. The number of benzene rings is 1. The molecule has 0 radical (unpaired) electrons. The van der Waals surface area contributed by atoms with Crippen LogP contribution in [0.5, 0.6) is 0 Å². The van der Waals surface area contributed by atoms with Crippen molar-refractivity contribution in [3.05, 3.63) is 28.8 Å². The molecule has 0 aliphatic heterocycles. The number of aliphatic carboxylic acids is 1. The maximum atomic E-state index is 11.7. The first-order chi connectivity index (χ1) is 9.57. The minimum atomic E-state index is -0.993. The fraction of sp³-hybridized carbons (Fsp3) is 0.467. The van der Waals surface area contributed by atoms with Crippen LogP contribution in [0.15, 0.2) is 18.2 Å². The third-order valence-electron chi connectivity index (χ3n) is 3.84. The van der Waals surface area contributed by atoms with E-state index in [9.17, 15) is 9.90 Å². The van der Waals surface area contributed by atoms with Crippen molar-refractivity contribution in [2.24, 2.45) is 0 Å². The molecule has 0 saturated heterocycles. The second-order valence-electron chi connectivity index (χ2n) is 5.23. The molecule has 0 aromatic heterocycles. The van der Waals surface area contributed by atoms with E-state index in [1.165, 1.54) is 0 Å². The second-order valence-corrected chi connectivity index (χ2v) is 5.66. The molecule has 0 atom stereocenters. The topological polar surface area (TPSA) is 73.1 Å². The molecule has 0 heterocycles. The minimum Gasteiger partial charge on any atom is -0.480 e. The average Bonchev–Trinajstić information content (AvgIpc) is 2.66. The summed E-state index contributed by atoms with van der Waals surface area (Å²) in [4.78, 5) is 11.7. The van der Waals surface area contributed by atoms with Crippen LogP contribution >= 0.6 is 11.6 Å². The Hall–Kier alpha value is -1.73. The van der Waals surface area contributed by atoms with Crippen LogP contribution in [0.4, 0.5) is 5.69 Å². The van der Waals surface area contributed by atoms with Gasteiger partial charge in [0.25, 0.3) is 0 Å². The van der Waals surface area contributed by atoms with E-state index in [1.54, 1.807) is 18.2 Å². The highest BCUT2D eigenvalue weighted by Crippen LogP contribution is 2.33. The van der Waals surface area contributed by atoms with Gasteiger partial charge in [0, 0.05) is 5.02 Å². The molecule has 1 aliphatic rings. The van der Waals surface area contributed by atoms with Crippen LogP contribution in [-0.4, -0.2) is 16.6 Å². The predicted octanol–water partition coefficient (Wildman–Crippen LogP) is 3.80. The molecule has 1 aromatic carbocycles. The quantitative estimate of drug-likeness (QED) is 0.831. The molecule has 20 heavy (non-hydrogen) atoms. The van der Waals surface area contributed by atoms with Gasteiger partial charge in [0.05, 0.1) is 11.3 Å². The van der Waals surface area contributed by atoms with Crippen molar-refractivity contribution in [3.8, 4) is 6.07 Å². The number of carboxylic acid groups (broad SMARTS) is 1. The van der Waals surface area contributed by atoms with E-state index in [0.29, 0.717) is 29.1 Å². The third-order valence-corrected chi connectivity index (χ3v) is 4.08. The molecule has 106 valence electrons. The van der Waals surface area contributed by atoms with E-state index in [1.807, 2.05) is 0 Å². The number of carbonyl (C=O) groups is 1. The Labute approximate surface area is 123 Å². The Morgan fingerprint density at radius 2 is 1.95 bits per heavy atom. The normalized spacial score (nSPS) is 17.8. The van der Waals surface area contributed by atoms with Crippen LogP contribution in [0, 0.1) is 11.3 Å². The minimum absolute atomic E-state index is 0.416. The fourth-order valence-electron chi connectivity index (χ4n) is 2.70. The first-order valence-electron chi connectivity index (χ1n) is 6.79.